The maximum absolute atomic E-state index is 12.2. The third kappa shape index (κ3) is 3.56. The van der Waals surface area contributed by atoms with Crippen LogP contribution in [0.15, 0.2) is 30.3 Å². The summed E-state index contributed by atoms with van der Waals surface area (Å²) in [6.07, 6.45) is 2.71. The number of hydrogen-bond donors (Lipinski definition) is 0. The van der Waals surface area contributed by atoms with Gasteiger partial charge in [0.1, 0.15) is 0 Å². The Morgan fingerprint density at radius 2 is 1.89 bits per heavy atom. The zero-order valence-electron chi connectivity index (χ0n) is 15.9. The molecule has 0 spiro atoms. The average Bonchev–Trinajstić information content (AvgIpc) is 3.27. The van der Waals surface area contributed by atoms with Crippen molar-refractivity contribution in [2.24, 2.45) is 0 Å². The van der Waals surface area contributed by atoms with Gasteiger partial charge in [0.2, 0.25) is 5.91 Å². The predicted octanol–water partition coefficient (Wildman–Crippen LogP) is 3.63. The Labute approximate surface area is 163 Å². The highest BCUT2D eigenvalue weighted by atomic mass is 32.1. The number of anilines is 1. The number of thiazole rings is 1. The third-order valence-corrected chi connectivity index (χ3v) is 6.24. The van der Waals surface area contributed by atoms with E-state index in [1.807, 2.05) is 46.8 Å². The summed E-state index contributed by atoms with van der Waals surface area (Å²) in [5.74, 6) is 0.288. The summed E-state index contributed by atoms with van der Waals surface area (Å²) < 4.78 is 3.06. The van der Waals surface area contributed by atoms with Gasteiger partial charge in [0.05, 0.1) is 16.1 Å². The van der Waals surface area contributed by atoms with E-state index < -0.39 is 0 Å². The number of piperazine rings is 1. The van der Waals surface area contributed by atoms with Crippen molar-refractivity contribution in [2.45, 2.75) is 33.1 Å². The number of aromatic nitrogens is 3. The SMILES string of the molecule is CCCCC(=O)N1CCN(c2nc3c(s2)c(C)nn3-c2ccccc2)CC1. The van der Waals surface area contributed by atoms with Gasteiger partial charge in [-0.3, -0.25) is 4.79 Å². The Hall–Kier alpha value is -2.41. The van der Waals surface area contributed by atoms with E-state index in [2.05, 4.69) is 16.9 Å². The van der Waals surface area contributed by atoms with Gasteiger partial charge in [0.15, 0.2) is 10.8 Å². The molecule has 1 aromatic carbocycles. The number of hydrogen-bond acceptors (Lipinski definition) is 5. The van der Waals surface area contributed by atoms with Crippen LogP contribution in [0.25, 0.3) is 16.0 Å². The number of rotatable bonds is 5. The van der Waals surface area contributed by atoms with Crippen molar-refractivity contribution in [1.29, 1.82) is 0 Å². The average molecular weight is 384 g/mol. The van der Waals surface area contributed by atoms with Crippen molar-refractivity contribution in [1.82, 2.24) is 19.7 Å². The maximum Gasteiger partial charge on any atom is 0.222 e. The van der Waals surface area contributed by atoms with Crippen LogP contribution in [0.1, 0.15) is 31.9 Å². The molecule has 0 aliphatic carbocycles. The van der Waals surface area contributed by atoms with Crippen LogP contribution in [-0.4, -0.2) is 51.8 Å². The molecule has 142 valence electrons. The molecule has 0 bridgehead atoms. The molecule has 2 aromatic heterocycles. The normalized spacial score (nSPS) is 14.9. The minimum Gasteiger partial charge on any atom is -0.344 e. The number of carbonyl (C=O) groups excluding carboxylic acids is 1. The molecule has 0 radical (unpaired) electrons. The van der Waals surface area contributed by atoms with Crippen LogP contribution in [-0.2, 0) is 4.79 Å². The first-order valence-electron chi connectivity index (χ1n) is 9.61. The van der Waals surface area contributed by atoms with Crippen molar-refractivity contribution in [3.8, 4) is 5.69 Å². The van der Waals surface area contributed by atoms with E-state index in [1.54, 1.807) is 11.3 Å². The second-order valence-electron chi connectivity index (χ2n) is 6.95. The van der Waals surface area contributed by atoms with Gasteiger partial charge in [0, 0.05) is 32.6 Å². The first-order valence-corrected chi connectivity index (χ1v) is 10.4. The second kappa shape index (κ2) is 7.68. The molecular weight excluding hydrogens is 358 g/mol. The van der Waals surface area contributed by atoms with E-state index in [4.69, 9.17) is 4.98 Å². The molecule has 0 unspecified atom stereocenters. The maximum atomic E-state index is 12.2. The topological polar surface area (TPSA) is 54.3 Å². The van der Waals surface area contributed by atoms with Crippen LogP contribution in [0.4, 0.5) is 5.13 Å². The smallest absolute Gasteiger partial charge is 0.222 e. The van der Waals surface area contributed by atoms with Gasteiger partial charge in [-0.2, -0.15) is 10.1 Å². The van der Waals surface area contributed by atoms with Crippen molar-refractivity contribution < 1.29 is 4.79 Å². The number of nitrogens with zero attached hydrogens (tertiary/aromatic N) is 5. The van der Waals surface area contributed by atoms with Crippen LogP contribution >= 0.6 is 11.3 Å². The Morgan fingerprint density at radius 1 is 1.15 bits per heavy atom. The van der Waals surface area contributed by atoms with E-state index in [0.29, 0.717) is 6.42 Å². The van der Waals surface area contributed by atoms with Crippen molar-refractivity contribution in [3.05, 3.63) is 36.0 Å². The lowest BCUT2D eigenvalue weighted by Gasteiger charge is -2.34. The molecule has 0 saturated carbocycles. The largest absolute Gasteiger partial charge is 0.344 e. The molecule has 1 aliphatic heterocycles. The fraction of sp³-hybridized carbons (Fsp3) is 0.450. The monoisotopic (exact) mass is 383 g/mol. The third-order valence-electron chi connectivity index (χ3n) is 5.03. The van der Waals surface area contributed by atoms with Crippen LogP contribution in [0.5, 0.6) is 0 Å². The zero-order valence-corrected chi connectivity index (χ0v) is 16.7. The van der Waals surface area contributed by atoms with Gasteiger partial charge in [-0.15, -0.1) is 0 Å². The fourth-order valence-electron chi connectivity index (χ4n) is 3.44. The molecule has 1 saturated heterocycles. The first kappa shape index (κ1) is 18.0. The number of amides is 1. The predicted molar refractivity (Wildman–Crippen MR) is 110 cm³/mol. The van der Waals surface area contributed by atoms with Gasteiger partial charge in [0.25, 0.3) is 0 Å². The summed E-state index contributed by atoms with van der Waals surface area (Å²) in [5, 5.41) is 5.69. The summed E-state index contributed by atoms with van der Waals surface area (Å²) in [7, 11) is 0. The summed E-state index contributed by atoms with van der Waals surface area (Å²) >= 11 is 1.70. The van der Waals surface area contributed by atoms with Crippen molar-refractivity contribution >= 4 is 32.7 Å². The molecule has 0 N–H and O–H groups in total. The molecule has 1 fully saturated rings. The number of unbranched alkanes of at least 4 members (excludes halogenated alkanes) is 1. The summed E-state index contributed by atoms with van der Waals surface area (Å²) in [6, 6.07) is 10.1. The lowest BCUT2D eigenvalue weighted by Crippen LogP contribution is -2.48. The Bertz CT molecular complexity index is 925. The van der Waals surface area contributed by atoms with E-state index in [9.17, 15) is 4.79 Å². The highest BCUT2D eigenvalue weighted by Crippen LogP contribution is 2.32. The molecule has 1 aliphatic rings. The van der Waals surface area contributed by atoms with Gasteiger partial charge < -0.3 is 9.80 Å². The number of aryl methyl sites for hydroxylation is 1. The molecule has 27 heavy (non-hydrogen) atoms. The minimum atomic E-state index is 0.288. The fourth-order valence-corrected chi connectivity index (χ4v) is 4.48. The molecule has 3 aromatic rings. The lowest BCUT2D eigenvalue weighted by molar-refractivity contribution is -0.131. The molecule has 6 nitrogen and oxygen atoms in total. The second-order valence-corrected chi connectivity index (χ2v) is 7.93. The van der Waals surface area contributed by atoms with Crippen LogP contribution in [0.2, 0.25) is 0 Å². The number of para-hydroxylation sites is 1. The Morgan fingerprint density at radius 3 is 2.59 bits per heavy atom. The van der Waals surface area contributed by atoms with E-state index in [0.717, 1.165) is 65.9 Å². The standard InChI is InChI=1S/C20H25N5OS/c1-3-4-10-17(26)23-11-13-24(14-12-23)20-21-19-18(27-20)15(2)22-25(19)16-8-6-5-7-9-16/h5-9H,3-4,10-14H2,1-2H3. The highest BCUT2D eigenvalue weighted by molar-refractivity contribution is 7.22. The number of fused-ring (bicyclic) bond motifs is 1. The van der Waals surface area contributed by atoms with Gasteiger partial charge in [-0.1, -0.05) is 42.9 Å². The van der Waals surface area contributed by atoms with Gasteiger partial charge in [-0.25, -0.2) is 4.68 Å². The number of carbonyl (C=O) groups is 1. The zero-order chi connectivity index (χ0) is 18.8. The van der Waals surface area contributed by atoms with Crippen LogP contribution < -0.4 is 4.90 Å². The lowest BCUT2D eigenvalue weighted by atomic mass is 10.2. The summed E-state index contributed by atoms with van der Waals surface area (Å²) in [6.45, 7) is 7.40. The molecule has 7 heteroatoms. The molecule has 1 amide bonds. The van der Waals surface area contributed by atoms with E-state index in [-0.39, 0.29) is 5.91 Å². The van der Waals surface area contributed by atoms with Crippen LogP contribution in [0.3, 0.4) is 0 Å². The number of benzene rings is 1. The minimum absolute atomic E-state index is 0.288. The summed E-state index contributed by atoms with van der Waals surface area (Å²) in [5.41, 5.74) is 2.95. The van der Waals surface area contributed by atoms with Crippen molar-refractivity contribution in [3.63, 3.8) is 0 Å². The highest BCUT2D eigenvalue weighted by Gasteiger charge is 2.24. The molecule has 3 heterocycles. The summed E-state index contributed by atoms with van der Waals surface area (Å²) in [4.78, 5) is 21.4. The quantitative estimate of drug-likeness (QED) is 0.675. The van der Waals surface area contributed by atoms with Crippen molar-refractivity contribution in [2.75, 3.05) is 31.1 Å². The van der Waals surface area contributed by atoms with Crippen LogP contribution in [0, 0.1) is 6.92 Å². The Kier molecular flexibility index (Phi) is 5.11. The first-order chi connectivity index (χ1) is 13.2. The molecule has 0 atom stereocenters. The van der Waals surface area contributed by atoms with E-state index >= 15 is 0 Å². The van der Waals surface area contributed by atoms with E-state index in [1.165, 1.54) is 0 Å². The van der Waals surface area contributed by atoms with Gasteiger partial charge in [-0.05, 0) is 25.5 Å². The van der Waals surface area contributed by atoms with Gasteiger partial charge >= 0.3 is 0 Å². The molecule has 4 rings (SSSR count). The Balaban J connectivity index is 1.52. The molecular formula is C20H25N5OS.